The Kier molecular flexibility index (Phi) is 4.31. The smallest absolute Gasteiger partial charge is 0.225 e. The summed E-state index contributed by atoms with van der Waals surface area (Å²) in [6.45, 7) is 0. The third-order valence-electron chi connectivity index (χ3n) is 2.90. The summed E-state index contributed by atoms with van der Waals surface area (Å²) in [5.41, 5.74) is -0.243. The van der Waals surface area contributed by atoms with Crippen LogP contribution >= 0.6 is 11.6 Å². The van der Waals surface area contributed by atoms with Crippen LogP contribution in [0.5, 0.6) is 0 Å². The van der Waals surface area contributed by atoms with E-state index in [4.69, 9.17) is 16.7 Å². The first kappa shape index (κ1) is 16.9. The fraction of sp³-hybridized carbons (Fsp3) is 0.0769. The Balaban J connectivity index is 2.87. The van der Waals surface area contributed by atoms with Gasteiger partial charge in [-0.05, 0) is 24.3 Å². The van der Waals surface area contributed by atoms with Crippen molar-refractivity contribution < 1.29 is 21.2 Å². The zero-order chi connectivity index (χ0) is 16.7. The molecule has 2 rings (SSSR count). The zero-order valence-corrected chi connectivity index (χ0v) is 13.6. The van der Waals surface area contributed by atoms with Gasteiger partial charge in [0.05, 0.1) is 4.90 Å². The molecule has 0 atom stereocenters. The Hall–Kier alpha value is -1.48. The highest BCUT2D eigenvalue weighted by Crippen LogP contribution is 2.33. The summed E-state index contributed by atoms with van der Waals surface area (Å²) in [5, 5.41) is 5.13. The minimum Gasteiger partial charge on any atom is -0.225 e. The third kappa shape index (κ3) is 3.30. The quantitative estimate of drug-likeness (QED) is 0.904. The molecule has 0 unspecified atom stereocenters. The van der Waals surface area contributed by atoms with E-state index in [1.54, 1.807) is 0 Å². The monoisotopic (exact) mass is 363 g/mol. The standard InChI is InChI=1S/C13H11ClFNO4S2/c1-21(17,18)11-6-5-8(14)7-10(11)9-3-2-4-12(13(9)15)22(16,19)20/h2-7H,1H3,(H2,16,19,20). The number of benzene rings is 2. The lowest BCUT2D eigenvalue weighted by molar-refractivity contribution is 0.570. The molecule has 9 heteroatoms. The molecule has 0 aliphatic heterocycles. The van der Waals surface area contributed by atoms with Crippen molar-refractivity contribution in [1.82, 2.24) is 0 Å². The van der Waals surface area contributed by atoms with Crippen molar-refractivity contribution in [2.45, 2.75) is 9.79 Å². The molecule has 0 saturated carbocycles. The van der Waals surface area contributed by atoms with Crippen LogP contribution in [0, 0.1) is 5.82 Å². The van der Waals surface area contributed by atoms with Crippen LogP contribution in [0.4, 0.5) is 4.39 Å². The normalized spacial score (nSPS) is 12.4. The molecule has 0 amide bonds. The molecule has 0 aromatic heterocycles. The van der Waals surface area contributed by atoms with Gasteiger partial charge in [-0.2, -0.15) is 0 Å². The highest BCUT2D eigenvalue weighted by molar-refractivity contribution is 7.90. The van der Waals surface area contributed by atoms with Gasteiger partial charge in [-0.1, -0.05) is 23.7 Å². The van der Waals surface area contributed by atoms with E-state index < -0.39 is 30.6 Å². The lowest BCUT2D eigenvalue weighted by atomic mass is 10.1. The molecule has 0 heterocycles. The second-order valence-corrected chi connectivity index (χ2v) is 8.53. The molecule has 0 spiro atoms. The number of halogens is 2. The molecule has 118 valence electrons. The Morgan fingerprint density at radius 3 is 2.18 bits per heavy atom. The van der Waals surface area contributed by atoms with Gasteiger partial charge in [0.25, 0.3) is 0 Å². The predicted molar refractivity (Wildman–Crippen MR) is 81.3 cm³/mol. The van der Waals surface area contributed by atoms with Crippen LogP contribution in [0.1, 0.15) is 0 Å². The van der Waals surface area contributed by atoms with Crippen LogP contribution in [0.3, 0.4) is 0 Å². The summed E-state index contributed by atoms with van der Waals surface area (Å²) in [4.78, 5) is -0.883. The topological polar surface area (TPSA) is 94.3 Å². The maximum Gasteiger partial charge on any atom is 0.240 e. The van der Waals surface area contributed by atoms with Gasteiger partial charge in [0.1, 0.15) is 4.90 Å². The van der Waals surface area contributed by atoms with Crippen molar-refractivity contribution in [2.75, 3.05) is 6.26 Å². The number of nitrogens with two attached hydrogens (primary N) is 1. The first-order valence-corrected chi connectivity index (χ1v) is 9.64. The highest BCUT2D eigenvalue weighted by atomic mass is 35.5. The first-order chi connectivity index (χ1) is 10.0. The molecular weight excluding hydrogens is 353 g/mol. The largest absolute Gasteiger partial charge is 0.240 e. The fourth-order valence-electron chi connectivity index (χ4n) is 1.97. The van der Waals surface area contributed by atoms with Gasteiger partial charge in [0.2, 0.25) is 10.0 Å². The maximum atomic E-state index is 14.5. The van der Waals surface area contributed by atoms with Crippen LogP contribution in [0.25, 0.3) is 11.1 Å². The van der Waals surface area contributed by atoms with Crippen LogP contribution in [0.15, 0.2) is 46.2 Å². The lowest BCUT2D eigenvalue weighted by Gasteiger charge is -2.11. The molecule has 0 fully saturated rings. The highest BCUT2D eigenvalue weighted by Gasteiger charge is 2.22. The number of primary sulfonamides is 1. The molecule has 2 aromatic carbocycles. The van der Waals surface area contributed by atoms with E-state index in [1.807, 2.05) is 0 Å². The van der Waals surface area contributed by atoms with Crippen LogP contribution in [-0.2, 0) is 19.9 Å². The average molecular weight is 364 g/mol. The number of sulfone groups is 1. The second-order valence-electron chi connectivity index (χ2n) is 4.58. The molecule has 0 radical (unpaired) electrons. The summed E-state index contributed by atoms with van der Waals surface area (Å²) >= 11 is 5.84. The van der Waals surface area contributed by atoms with E-state index in [0.717, 1.165) is 12.3 Å². The van der Waals surface area contributed by atoms with Crippen LogP contribution in [-0.4, -0.2) is 23.1 Å². The Bertz CT molecular complexity index is 956. The van der Waals surface area contributed by atoms with Gasteiger partial charge in [0.15, 0.2) is 15.7 Å². The van der Waals surface area contributed by atoms with Gasteiger partial charge in [0, 0.05) is 22.4 Å². The van der Waals surface area contributed by atoms with Gasteiger partial charge < -0.3 is 0 Å². The van der Waals surface area contributed by atoms with Gasteiger partial charge in [-0.15, -0.1) is 0 Å². The molecule has 22 heavy (non-hydrogen) atoms. The van der Waals surface area contributed by atoms with E-state index in [1.165, 1.54) is 30.3 Å². The van der Waals surface area contributed by atoms with Crippen molar-refractivity contribution in [1.29, 1.82) is 0 Å². The summed E-state index contributed by atoms with van der Waals surface area (Å²) in [6, 6.07) is 7.36. The van der Waals surface area contributed by atoms with Gasteiger partial charge >= 0.3 is 0 Å². The van der Waals surface area contributed by atoms with Crippen LogP contribution < -0.4 is 5.14 Å². The third-order valence-corrected chi connectivity index (χ3v) is 5.22. The number of rotatable bonds is 3. The molecule has 5 nitrogen and oxygen atoms in total. The SMILES string of the molecule is CS(=O)(=O)c1ccc(Cl)cc1-c1cccc(S(N)(=O)=O)c1F. The van der Waals surface area contributed by atoms with Crippen molar-refractivity contribution >= 4 is 31.5 Å². The Labute approximate surface area is 132 Å². The number of sulfonamides is 1. The Morgan fingerprint density at radius 1 is 1.00 bits per heavy atom. The van der Waals surface area contributed by atoms with E-state index >= 15 is 0 Å². The molecular formula is C13H11ClFNO4S2. The summed E-state index contributed by atoms with van der Waals surface area (Å²) in [5.74, 6) is -1.13. The van der Waals surface area contributed by atoms with E-state index in [9.17, 15) is 21.2 Å². The van der Waals surface area contributed by atoms with E-state index in [2.05, 4.69) is 0 Å². The zero-order valence-electron chi connectivity index (χ0n) is 11.2. The molecule has 0 aliphatic carbocycles. The summed E-state index contributed by atoms with van der Waals surface area (Å²) in [7, 11) is -7.95. The van der Waals surface area contributed by atoms with Gasteiger partial charge in [-0.3, -0.25) is 0 Å². The summed E-state index contributed by atoms with van der Waals surface area (Å²) < 4.78 is 60.9. The number of hydrogen-bond donors (Lipinski definition) is 1. The Morgan fingerprint density at radius 2 is 1.64 bits per heavy atom. The fourth-order valence-corrected chi connectivity index (χ4v) is 3.66. The second kappa shape index (κ2) is 5.62. The van der Waals surface area contributed by atoms with Crippen molar-refractivity contribution in [3.63, 3.8) is 0 Å². The minimum absolute atomic E-state index is 0.0296. The minimum atomic E-state index is -4.28. The molecule has 2 N–H and O–H groups in total. The van der Waals surface area contributed by atoms with E-state index in [-0.39, 0.29) is 21.0 Å². The van der Waals surface area contributed by atoms with Crippen molar-refractivity contribution in [3.05, 3.63) is 47.2 Å². The molecule has 0 saturated heterocycles. The van der Waals surface area contributed by atoms with Gasteiger partial charge in [-0.25, -0.2) is 26.4 Å². The molecule has 2 aromatic rings. The number of hydrogen-bond acceptors (Lipinski definition) is 4. The first-order valence-electron chi connectivity index (χ1n) is 5.83. The molecule has 0 bridgehead atoms. The van der Waals surface area contributed by atoms with Crippen molar-refractivity contribution in [3.8, 4) is 11.1 Å². The maximum absolute atomic E-state index is 14.5. The summed E-state index contributed by atoms with van der Waals surface area (Å²) in [6.07, 6.45) is 0.959. The van der Waals surface area contributed by atoms with Crippen LogP contribution in [0.2, 0.25) is 5.02 Å². The average Bonchev–Trinajstić information content (AvgIpc) is 2.36. The van der Waals surface area contributed by atoms with E-state index in [0.29, 0.717) is 0 Å². The lowest BCUT2D eigenvalue weighted by Crippen LogP contribution is -2.14. The van der Waals surface area contributed by atoms with Crippen molar-refractivity contribution in [2.24, 2.45) is 5.14 Å². The predicted octanol–water partition coefficient (Wildman–Crippen LogP) is 2.20. The molecule has 0 aliphatic rings.